The first-order valence-electron chi connectivity index (χ1n) is 12.4. The molecule has 3 aromatic rings. The Morgan fingerprint density at radius 2 is 1.66 bits per heavy atom. The number of nitrogens with one attached hydrogen (secondary N) is 2. The van der Waals surface area contributed by atoms with Crippen molar-refractivity contribution in [2.75, 3.05) is 13.1 Å². The van der Waals surface area contributed by atoms with Crippen LogP contribution in [0.5, 0.6) is 0 Å². The molecule has 5 rings (SSSR count). The summed E-state index contributed by atoms with van der Waals surface area (Å²) in [6.07, 6.45) is 6.71. The van der Waals surface area contributed by atoms with E-state index in [1.165, 1.54) is 5.56 Å². The SMILES string of the molecule is NS(=O)(=O)c1c(C[C@H]2CC[C@@H](N)CC2)ccc(-c2ccc(C3CCNCC3)cc2)c1-c1nn[nH]n1. The molecule has 2 aromatic carbocycles. The Balaban J connectivity index is 1.57. The molecule has 0 spiro atoms. The van der Waals surface area contributed by atoms with Crippen molar-refractivity contribution in [1.29, 1.82) is 0 Å². The molecule has 0 atom stereocenters. The van der Waals surface area contributed by atoms with Gasteiger partial charge in [0.25, 0.3) is 0 Å². The first kappa shape index (κ1) is 24.1. The van der Waals surface area contributed by atoms with E-state index >= 15 is 0 Å². The second-order valence-electron chi connectivity index (χ2n) is 9.89. The maximum Gasteiger partial charge on any atom is 0.239 e. The highest BCUT2D eigenvalue weighted by molar-refractivity contribution is 7.89. The predicted octanol–water partition coefficient (Wildman–Crippen LogP) is 2.71. The molecular weight excluding hydrogens is 462 g/mol. The van der Waals surface area contributed by atoms with Gasteiger partial charge in [-0.05, 0) is 97.3 Å². The minimum absolute atomic E-state index is 0.0914. The van der Waals surface area contributed by atoms with Gasteiger partial charge in [-0.1, -0.05) is 36.4 Å². The third-order valence-electron chi connectivity index (χ3n) is 7.52. The van der Waals surface area contributed by atoms with E-state index in [0.717, 1.165) is 62.7 Å². The summed E-state index contributed by atoms with van der Waals surface area (Å²) in [5.74, 6) is 1.12. The van der Waals surface area contributed by atoms with E-state index in [2.05, 4.69) is 38.1 Å². The fraction of sp³-hybridized carbons (Fsp3) is 0.480. The second-order valence-corrected chi connectivity index (χ2v) is 11.4. The smallest absolute Gasteiger partial charge is 0.239 e. The molecule has 0 amide bonds. The zero-order valence-corrected chi connectivity index (χ0v) is 20.6. The van der Waals surface area contributed by atoms with Gasteiger partial charge in [-0.15, -0.1) is 10.2 Å². The van der Waals surface area contributed by atoms with Crippen molar-refractivity contribution in [2.45, 2.75) is 61.8 Å². The summed E-state index contributed by atoms with van der Waals surface area (Å²) >= 11 is 0. The Hall–Kier alpha value is -2.66. The lowest BCUT2D eigenvalue weighted by Crippen LogP contribution is -2.27. The van der Waals surface area contributed by atoms with E-state index in [4.69, 9.17) is 10.9 Å². The van der Waals surface area contributed by atoms with Crippen LogP contribution >= 0.6 is 0 Å². The van der Waals surface area contributed by atoms with E-state index in [1.54, 1.807) is 0 Å². The number of benzene rings is 2. The Bertz CT molecular complexity index is 1250. The Morgan fingerprint density at radius 3 is 2.29 bits per heavy atom. The van der Waals surface area contributed by atoms with Crippen LogP contribution in [0.1, 0.15) is 55.6 Å². The van der Waals surface area contributed by atoms with Gasteiger partial charge in [0, 0.05) is 6.04 Å². The number of nitrogens with two attached hydrogens (primary N) is 2. The maximum atomic E-state index is 13.0. The predicted molar refractivity (Wildman–Crippen MR) is 135 cm³/mol. The van der Waals surface area contributed by atoms with E-state index < -0.39 is 10.0 Å². The fourth-order valence-electron chi connectivity index (χ4n) is 5.64. The zero-order chi connectivity index (χ0) is 24.4. The number of primary sulfonamides is 1. The van der Waals surface area contributed by atoms with E-state index in [0.29, 0.717) is 29.4 Å². The molecule has 186 valence electrons. The molecule has 2 fully saturated rings. The lowest BCUT2D eigenvalue weighted by atomic mass is 9.82. The molecule has 1 saturated carbocycles. The average molecular weight is 496 g/mol. The summed E-state index contributed by atoms with van der Waals surface area (Å²) in [4.78, 5) is 0.0914. The highest BCUT2D eigenvalue weighted by atomic mass is 32.2. The van der Waals surface area contributed by atoms with Crippen molar-refractivity contribution in [1.82, 2.24) is 25.9 Å². The van der Waals surface area contributed by atoms with Gasteiger partial charge in [-0.3, -0.25) is 0 Å². The van der Waals surface area contributed by atoms with Crippen LogP contribution in [0.3, 0.4) is 0 Å². The Labute approximate surface area is 206 Å². The van der Waals surface area contributed by atoms with Crippen molar-refractivity contribution < 1.29 is 8.42 Å². The van der Waals surface area contributed by atoms with Crippen LogP contribution in [-0.4, -0.2) is 48.2 Å². The topological polar surface area (TPSA) is 153 Å². The molecule has 10 heteroatoms. The summed E-state index contributed by atoms with van der Waals surface area (Å²) in [6, 6.07) is 12.5. The van der Waals surface area contributed by atoms with Gasteiger partial charge in [0.05, 0.1) is 10.5 Å². The number of piperidine rings is 1. The van der Waals surface area contributed by atoms with Crippen LogP contribution in [0.25, 0.3) is 22.5 Å². The number of H-pyrrole nitrogens is 1. The van der Waals surface area contributed by atoms with E-state index in [-0.39, 0.29) is 16.8 Å². The van der Waals surface area contributed by atoms with Crippen LogP contribution in [0, 0.1) is 5.92 Å². The minimum atomic E-state index is -4.06. The molecule has 1 aliphatic carbocycles. The Kier molecular flexibility index (Phi) is 6.97. The largest absolute Gasteiger partial charge is 0.328 e. The minimum Gasteiger partial charge on any atom is -0.328 e. The molecule has 1 saturated heterocycles. The van der Waals surface area contributed by atoms with E-state index in [1.807, 2.05) is 24.3 Å². The number of hydrogen-bond donors (Lipinski definition) is 4. The third kappa shape index (κ3) is 5.30. The maximum absolute atomic E-state index is 13.0. The van der Waals surface area contributed by atoms with Crippen LogP contribution in [-0.2, 0) is 16.4 Å². The first-order valence-corrected chi connectivity index (χ1v) is 13.9. The van der Waals surface area contributed by atoms with Gasteiger partial charge in [0.15, 0.2) is 0 Å². The van der Waals surface area contributed by atoms with Crippen molar-refractivity contribution in [3.8, 4) is 22.5 Å². The van der Waals surface area contributed by atoms with Gasteiger partial charge in [0.1, 0.15) is 0 Å². The van der Waals surface area contributed by atoms with Crippen LogP contribution in [0.4, 0.5) is 0 Å². The molecular formula is C25H33N7O2S. The number of tetrazole rings is 1. The molecule has 2 aliphatic rings. The van der Waals surface area contributed by atoms with E-state index in [9.17, 15) is 8.42 Å². The van der Waals surface area contributed by atoms with Crippen molar-refractivity contribution >= 4 is 10.0 Å². The molecule has 2 heterocycles. The first-order chi connectivity index (χ1) is 16.9. The highest BCUT2D eigenvalue weighted by Gasteiger charge is 2.29. The number of aromatic amines is 1. The number of nitrogens with zero attached hydrogens (tertiary/aromatic N) is 3. The van der Waals surface area contributed by atoms with Gasteiger partial charge < -0.3 is 11.1 Å². The molecule has 35 heavy (non-hydrogen) atoms. The molecule has 1 aliphatic heterocycles. The van der Waals surface area contributed by atoms with Gasteiger partial charge in [-0.25, -0.2) is 13.6 Å². The lowest BCUT2D eigenvalue weighted by Gasteiger charge is -2.27. The summed E-state index contributed by atoms with van der Waals surface area (Å²) in [5, 5.41) is 23.7. The summed E-state index contributed by atoms with van der Waals surface area (Å²) < 4.78 is 25.9. The molecule has 0 radical (unpaired) electrons. The quantitative estimate of drug-likeness (QED) is 0.410. The average Bonchev–Trinajstić information content (AvgIpc) is 3.40. The fourth-order valence-corrected chi connectivity index (χ4v) is 6.64. The van der Waals surface area contributed by atoms with Crippen LogP contribution in [0.2, 0.25) is 0 Å². The monoisotopic (exact) mass is 495 g/mol. The second kappa shape index (κ2) is 10.1. The summed E-state index contributed by atoms with van der Waals surface area (Å²) in [7, 11) is -4.06. The Morgan fingerprint density at radius 1 is 0.943 bits per heavy atom. The zero-order valence-electron chi connectivity index (χ0n) is 19.8. The van der Waals surface area contributed by atoms with Gasteiger partial charge in [0.2, 0.25) is 15.8 Å². The molecule has 9 nitrogen and oxygen atoms in total. The number of hydrogen-bond acceptors (Lipinski definition) is 7. The molecule has 6 N–H and O–H groups in total. The number of sulfonamides is 1. The van der Waals surface area contributed by atoms with Gasteiger partial charge in [-0.2, -0.15) is 5.21 Å². The third-order valence-corrected chi connectivity index (χ3v) is 8.56. The van der Waals surface area contributed by atoms with Crippen molar-refractivity contribution in [3.05, 3.63) is 47.5 Å². The van der Waals surface area contributed by atoms with Crippen LogP contribution in [0.15, 0.2) is 41.3 Å². The van der Waals surface area contributed by atoms with Crippen LogP contribution < -0.4 is 16.2 Å². The van der Waals surface area contributed by atoms with Gasteiger partial charge >= 0.3 is 0 Å². The van der Waals surface area contributed by atoms with Crippen molar-refractivity contribution in [3.63, 3.8) is 0 Å². The summed E-state index contributed by atoms with van der Waals surface area (Å²) in [6.45, 7) is 2.06. The summed E-state index contributed by atoms with van der Waals surface area (Å²) in [5.41, 5.74) is 10.1. The van der Waals surface area contributed by atoms with Crippen molar-refractivity contribution in [2.24, 2.45) is 16.8 Å². The molecule has 0 unspecified atom stereocenters. The standard InChI is InChI=1S/C25H33N7O2S/c26-21-8-1-16(2-9-21)15-20-7-10-22(23(24(20)35(27,33)34)25-29-31-32-30-25)19-5-3-17(4-6-19)18-11-13-28-14-12-18/h3-7,10,16,18,21,28H,1-2,8-9,11-15,26H2,(H2,27,33,34)(H,29,30,31,32)/t16-,21+. The molecule has 1 aromatic heterocycles. The normalized spacial score (nSPS) is 21.8. The lowest BCUT2D eigenvalue weighted by molar-refractivity contribution is 0.323. The number of aromatic nitrogens is 4. The highest BCUT2D eigenvalue weighted by Crippen LogP contribution is 2.39. The molecule has 0 bridgehead atoms. The number of rotatable bonds is 6.